The number of anilines is 1. The number of aromatic nitrogens is 1. The Morgan fingerprint density at radius 2 is 2.00 bits per heavy atom. The standard InChI is InChI=1S/C15H23N3O2S/c1-10(2)15(4)5-7-18(8-6-15)13(20)12-9-21-14(17-12)16-11(3)19/h9-10H,5-8H2,1-4H3,(H,16,17,19). The third-order valence-corrected chi connectivity index (χ3v) is 5.35. The number of likely N-dealkylation sites (tertiary alicyclic amines) is 1. The fourth-order valence-electron chi connectivity index (χ4n) is 2.54. The van der Waals surface area contributed by atoms with Crippen LogP contribution in [0.3, 0.4) is 0 Å². The molecule has 1 saturated heterocycles. The van der Waals surface area contributed by atoms with Gasteiger partial charge >= 0.3 is 0 Å². The zero-order valence-corrected chi connectivity index (χ0v) is 13.9. The van der Waals surface area contributed by atoms with E-state index in [4.69, 9.17) is 0 Å². The lowest BCUT2D eigenvalue weighted by Gasteiger charge is -2.42. The molecule has 1 aliphatic rings. The number of carbonyl (C=O) groups is 2. The Kier molecular flexibility index (Phi) is 4.66. The number of nitrogens with one attached hydrogen (secondary N) is 1. The zero-order valence-electron chi connectivity index (χ0n) is 13.1. The third kappa shape index (κ3) is 3.61. The molecule has 0 aliphatic carbocycles. The molecule has 1 aromatic heterocycles. The average Bonchev–Trinajstić information content (AvgIpc) is 2.86. The van der Waals surface area contributed by atoms with Crippen molar-refractivity contribution in [1.82, 2.24) is 9.88 Å². The van der Waals surface area contributed by atoms with Crippen LogP contribution in [-0.4, -0.2) is 34.8 Å². The molecule has 0 aromatic carbocycles. The summed E-state index contributed by atoms with van der Waals surface area (Å²) in [6.07, 6.45) is 2.05. The quantitative estimate of drug-likeness (QED) is 0.933. The van der Waals surface area contributed by atoms with Crippen molar-refractivity contribution in [2.45, 2.75) is 40.5 Å². The van der Waals surface area contributed by atoms with E-state index in [1.54, 1.807) is 5.38 Å². The van der Waals surface area contributed by atoms with Crippen LogP contribution in [-0.2, 0) is 4.79 Å². The van der Waals surface area contributed by atoms with E-state index < -0.39 is 0 Å². The summed E-state index contributed by atoms with van der Waals surface area (Å²) in [6, 6.07) is 0. The molecule has 2 rings (SSSR count). The van der Waals surface area contributed by atoms with E-state index >= 15 is 0 Å². The Hall–Kier alpha value is -1.43. The molecule has 5 nitrogen and oxygen atoms in total. The molecule has 1 N–H and O–H groups in total. The summed E-state index contributed by atoms with van der Waals surface area (Å²) in [7, 11) is 0. The van der Waals surface area contributed by atoms with Crippen molar-refractivity contribution in [1.29, 1.82) is 0 Å². The normalized spacial score (nSPS) is 17.9. The van der Waals surface area contributed by atoms with Crippen molar-refractivity contribution >= 4 is 28.3 Å². The molecule has 21 heavy (non-hydrogen) atoms. The SMILES string of the molecule is CC(=O)Nc1nc(C(=O)N2CCC(C)(C(C)C)CC2)cs1. The number of carbonyl (C=O) groups excluding carboxylic acids is 2. The zero-order chi connectivity index (χ0) is 15.6. The molecule has 1 aliphatic heterocycles. The van der Waals surface area contributed by atoms with Crippen LogP contribution in [0.5, 0.6) is 0 Å². The molecule has 0 spiro atoms. The highest BCUT2D eigenvalue weighted by Crippen LogP contribution is 2.38. The van der Waals surface area contributed by atoms with Crippen LogP contribution in [0.4, 0.5) is 5.13 Å². The summed E-state index contributed by atoms with van der Waals surface area (Å²) in [5.41, 5.74) is 0.747. The summed E-state index contributed by atoms with van der Waals surface area (Å²) in [4.78, 5) is 29.5. The Morgan fingerprint density at radius 3 is 2.52 bits per heavy atom. The highest BCUT2D eigenvalue weighted by Gasteiger charge is 2.34. The molecule has 1 fully saturated rings. The highest BCUT2D eigenvalue weighted by molar-refractivity contribution is 7.14. The van der Waals surface area contributed by atoms with Crippen LogP contribution >= 0.6 is 11.3 Å². The summed E-state index contributed by atoms with van der Waals surface area (Å²) in [5, 5.41) is 4.80. The van der Waals surface area contributed by atoms with Crippen molar-refractivity contribution in [3.05, 3.63) is 11.1 Å². The first kappa shape index (κ1) is 15.9. The van der Waals surface area contributed by atoms with Crippen molar-refractivity contribution in [2.24, 2.45) is 11.3 Å². The molecule has 1 aromatic rings. The van der Waals surface area contributed by atoms with E-state index in [-0.39, 0.29) is 11.8 Å². The molecule has 2 amide bonds. The molecule has 0 radical (unpaired) electrons. The van der Waals surface area contributed by atoms with Crippen molar-refractivity contribution in [2.75, 3.05) is 18.4 Å². The predicted molar refractivity (Wildman–Crippen MR) is 84.5 cm³/mol. The molecule has 0 saturated carbocycles. The highest BCUT2D eigenvalue weighted by atomic mass is 32.1. The number of rotatable bonds is 3. The number of piperidine rings is 1. The molecular weight excluding hydrogens is 286 g/mol. The molecule has 6 heteroatoms. The van der Waals surface area contributed by atoms with Crippen LogP contribution in [0.1, 0.15) is 51.0 Å². The Labute approximate surface area is 129 Å². The Bertz CT molecular complexity index is 531. The van der Waals surface area contributed by atoms with Gasteiger partial charge in [0.1, 0.15) is 5.69 Å². The van der Waals surface area contributed by atoms with Gasteiger partial charge in [-0.05, 0) is 24.2 Å². The van der Waals surface area contributed by atoms with Gasteiger partial charge in [-0.3, -0.25) is 9.59 Å². The van der Waals surface area contributed by atoms with Crippen LogP contribution in [0.2, 0.25) is 0 Å². The maximum absolute atomic E-state index is 12.4. The minimum Gasteiger partial charge on any atom is -0.337 e. The van der Waals surface area contributed by atoms with Gasteiger partial charge in [-0.1, -0.05) is 20.8 Å². The van der Waals surface area contributed by atoms with Crippen LogP contribution in [0.15, 0.2) is 5.38 Å². The first-order valence-electron chi connectivity index (χ1n) is 7.34. The fourth-order valence-corrected chi connectivity index (χ4v) is 3.27. The number of nitrogens with zero attached hydrogens (tertiary/aromatic N) is 2. The number of hydrogen-bond donors (Lipinski definition) is 1. The van der Waals surface area contributed by atoms with Gasteiger partial charge in [0.25, 0.3) is 5.91 Å². The van der Waals surface area contributed by atoms with Crippen LogP contribution < -0.4 is 5.32 Å². The van der Waals surface area contributed by atoms with E-state index in [0.717, 1.165) is 25.9 Å². The molecule has 2 heterocycles. The van der Waals surface area contributed by atoms with Crippen molar-refractivity contribution in [3.63, 3.8) is 0 Å². The first-order valence-corrected chi connectivity index (χ1v) is 8.22. The second-order valence-electron chi connectivity index (χ2n) is 6.32. The lowest BCUT2D eigenvalue weighted by molar-refractivity contribution is -0.114. The van der Waals surface area contributed by atoms with Gasteiger partial charge in [-0.25, -0.2) is 4.98 Å². The minimum atomic E-state index is -0.172. The maximum atomic E-state index is 12.4. The maximum Gasteiger partial charge on any atom is 0.273 e. The van der Waals surface area contributed by atoms with E-state index in [1.807, 2.05) is 4.90 Å². The molecular formula is C15H23N3O2S. The summed E-state index contributed by atoms with van der Waals surface area (Å²) < 4.78 is 0. The number of thiazole rings is 1. The Morgan fingerprint density at radius 1 is 1.38 bits per heavy atom. The monoisotopic (exact) mass is 309 g/mol. The summed E-state index contributed by atoms with van der Waals surface area (Å²) in [5.74, 6) is 0.420. The summed E-state index contributed by atoms with van der Waals surface area (Å²) >= 11 is 1.28. The van der Waals surface area contributed by atoms with Crippen molar-refractivity contribution < 1.29 is 9.59 Å². The number of amides is 2. The fraction of sp³-hybridized carbons (Fsp3) is 0.667. The van der Waals surface area contributed by atoms with E-state index in [0.29, 0.717) is 22.2 Å². The average molecular weight is 309 g/mol. The van der Waals surface area contributed by atoms with Gasteiger partial charge < -0.3 is 10.2 Å². The first-order chi connectivity index (χ1) is 9.82. The minimum absolute atomic E-state index is 0.0336. The predicted octanol–water partition coefficient (Wildman–Crippen LogP) is 3.00. The van der Waals surface area contributed by atoms with Gasteiger partial charge in [0.15, 0.2) is 5.13 Å². The third-order valence-electron chi connectivity index (χ3n) is 4.59. The van der Waals surface area contributed by atoms with Crippen LogP contribution in [0, 0.1) is 11.3 Å². The largest absolute Gasteiger partial charge is 0.337 e. The van der Waals surface area contributed by atoms with E-state index in [2.05, 4.69) is 31.1 Å². The lowest BCUT2D eigenvalue weighted by Crippen LogP contribution is -2.44. The molecule has 116 valence electrons. The summed E-state index contributed by atoms with van der Waals surface area (Å²) in [6.45, 7) is 9.79. The van der Waals surface area contributed by atoms with Gasteiger partial charge in [0, 0.05) is 25.4 Å². The smallest absolute Gasteiger partial charge is 0.273 e. The van der Waals surface area contributed by atoms with E-state index in [9.17, 15) is 9.59 Å². The van der Waals surface area contributed by atoms with Crippen molar-refractivity contribution in [3.8, 4) is 0 Å². The molecule has 0 atom stereocenters. The Balaban J connectivity index is 1.99. The van der Waals surface area contributed by atoms with Crippen LogP contribution in [0.25, 0.3) is 0 Å². The van der Waals surface area contributed by atoms with Gasteiger partial charge in [-0.15, -0.1) is 11.3 Å². The van der Waals surface area contributed by atoms with Gasteiger partial charge in [-0.2, -0.15) is 0 Å². The second kappa shape index (κ2) is 6.13. The number of hydrogen-bond acceptors (Lipinski definition) is 4. The molecule has 0 unspecified atom stereocenters. The van der Waals surface area contributed by atoms with E-state index in [1.165, 1.54) is 18.3 Å². The van der Waals surface area contributed by atoms with Gasteiger partial charge in [0.2, 0.25) is 5.91 Å². The van der Waals surface area contributed by atoms with Gasteiger partial charge in [0.05, 0.1) is 0 Å². The molecule has 0 bridgehead atoms. The second-order valence-corrected chi connectivity index (χ2v) is 7.18. The lowest BCUT2D eigenvalue weighted by atomic mass is 9.72. The topological polar surface area (TPSA) is 62.3 Å².